The van der Waals surface area contributed by atoms with Crippen LogP contribution in [-0.2, 0) is 0 Å². The van der Waals surface area contributed by atoms with Gasteiger partial charge in [-0.25, -0.2) is 0 Å². The largest absolute Gasteiger partial charge is 0.398 e. The van der Waals surface area contributed by atoms with Crippen molar-refractivity contribution in [1.82, 2.24) is 0 Å². The minimum Gasteiger partial charge on any atom is -0.398 e. The van der Waals surface area contributed by atoms with E-state index in [1.54, 1.807) is 36.4 Å². The van der Waals surface area contributed by atoms with Crippen LogP contribution in [0, 0.1) is 0 Å². The first-order chi connectivity index (χ1) is 8.66. The number of hydrogen-bond donors (Lipinski definition) is 1. The SMILES string of the molecule is Nc1ccccc1/C=C/C(=O)c1ccc(Cl)cc1. The van der Waals surface area contributed by atoms with Crippen molar-refractivity contribution in [3.8, 4) is 0 Å². The normalized spacial score (nSPS) is 10.7. The van der Waals surface area contributed by atoms with Gasteiger partial charge >= 0.3 is 0 Å². The van der Waals surface area contributed by atoms with Gasteiger partial charge in [0.1, 0.15) is 0 Å². The molecule has 90 valence electrons. The second kappa shape index (κ2) is 5.52. The van der Waals surface area contributed by atoms with E-state index in [4.69, 9.17) is 17.3 Å². The Morgan fingerprint density at radius 1 is 1.06 bits per heavy atom. The summed E-state index contributed by atoms with van der Waals surface area (Å²) in [6, 6.07) is 14.2. The van der Waals surface area contributed by atoms with Crippen molar-refractivity contribution in [2.75, 3.05) is 5.73 Å². The van der Waals surface area contributed by atoms with E-state index in [1.807, 2.05) is 18.2 Å². The maximum absolute atomic E-state index is 11.9. The molecule has 3 heteroatoms. The molecule has 0 heterocycles. The third kappa shape index (κ3) is 2.99. The summed E-state index contributed by atoms with van der Waals surface area (Å²) in [6.45, 7) is 0. The monoisotopic (exact) mass is 257 g/mol. The van der Waals surface area contributed by atoms with Crippen LogP contribution in [0.2, 0.25) is 5.02 Å². The molecule has 0 aliphatic heterocycles. The van der Waals surface area contributed by atoms with Crippen molar-refractivity contribution in [3.63, 3.8) is 0 Å². The molecule has 0 radical (unpaired) electrons. The van der Waals surface area contributed by atoms with Gasteiger partial charge < -0.3 is 5.73 Å². The van der Waals surface area contributed by atoms with Crippen molar-refractivity contribution < 1.29 is 4.79 Å². The van der Waals surface area contributed by atoms with Crippen molar-refractivity contribution >= 4 is 29.1 Å². The van der Waals surface area contributed by atoms with Gasteiger partial charge in [0, 0.05) is 16.3 Å². The van der Waals surface area contributed by atoms with Gasteiger partial charge in [0.15, 0.2) is 5.78 Å². The van der Waals surface area contributed by atoms with Gasteiger partial charge in [-0.3, -0.25) is 4.79 Å². The summed E-state index contributed by atoms with van der Waals surface area (Å²) in [6.07, 6.45) is 3.22. The first-order valence-electron chi connectivity index (χ1n) is 5.49. The Bertz CT molecular complexity index is 588. The van der Waals surface area contributed by atoms with Gasteiger partial charge in [0.05, 0.1) is 0 Å². The molecule has 18 heavy (non-hydrogen) atoms. The van der Waals surface area contributed by atoms with Crippen molar-refractivity contribution in [2.45, 2.75) is 0 Å². The third-order valence-corrected chi connectivity index (χ3v) is 2.79. The first-order valence-corrected chi connectivity index (χ1v) is 5.87. The number of ketones is 1. The number of hydrogen-bond acceptors (Lipinski definition) is 2. The van der Waals surface area contributed by atoms with Crippen LogP contribution < -0.4 is 5.73 Å². The third-order valence-electron chi connectivity index (χ3n) is 2.54. The quantitative estimate of drug-likeness (QED) is 0.516. The van der Waals surface area contributed by atoms with Gasteiger partial charge in [-0.15, -0.1) is 0 Å². The Kier molecular flexibility index (Phi) is 3.80. The van der Waals surface area contributed by atoms with E-state index >= 15 is 0 Å². The van der Waals surface area contributed by atoms with Crippen LogP contribution in [0.3, 0.4) is 0 Å². The highest BCUT2D eigenvalue weighted by molar-refractivity contribution is 6.30. The van der Waals surface area contributed by atoms with Crippen LogP contribution in [0.25, 0.3) is 6.08 Å². The summed E-state index contributed by atoms with van der Waals surface area (Å²) in [5.74, 6) is -0.0741. The van der Waals surface area contributed by atoms with E-state index in [0.29, 0.717) is 16.3 Å². The fourth-order valence-electron chi connectivity index (χ4n) is 1.54. The lowest BCUT2D eigenvalue weighted by atomic mass is 10.1. The summed E-state index contributed by atoms with van der Waals surface area (Å²) in [4.78, 5) is 11.9. The molecule has 2 rings (SSSR count). The lowest BCUT2D eigenvalue weighted by Gasteiger charge is -1.99. The highest BCUT2D eigenvalue weighted by Gasteiger charge is 2.01. The van der Waals surface area contributed by atoms with Gasteiger partial charge in [-0.1, -0.05) is 29.8 Å². The number of benzene rings is 2. The van der Waals surface area contributed by atoms with Crippen LogP contribution >= 0.6 is 11.6 Å². The van der Waals surface area contributed by atoms with Crippen LogP contribution in [0.1, 0.15) is 15.9 Å². The first kappa shape index (κ1) is 12.4. The fourth-order valence-corrected chi connectivity index (χ4v) is 1.66. The van der Waals surface area contributed by atoms with Gasteiger partial charge in [0.25, 0.3) is 0 Å². The maximum atomic E-state index is 11.9. The maximum Gasteiger partial charge on any atom is 0.185 e. The average Bonchev–Trinajstić information content (AvgIpc) is 2.38. The van der Waals surface area contributed by atoms with Crippen molar-refractivity contribution in [1.29, 1.82) is 0 Å². The molecule has 0 aromatic heterocycles. The second-order valence-electron chi connectivity index (χ2n) is 3.83. The Morgan fingerprint density at radius 3 is 2.39 bits per heavy atom. The number of rotatable bonds is 3. The second-order valence-corrected chi connectivity index (χ2v) is 4.27. The van der Waals surface area contributed by atoms with E-state index in [0.717, 1.165) is 5.56 Å². The van der Waals surface area contributed by atoms with Crippen LogP contribution in [0.15, 0.2) is 54.6 Å². The van der Waals surface area contributed by atoms with Crippen molar-refractivity contribution in [3.05, 3.63) is 70.8 Å². The van der Waals surface area contributed by atoms with E-state index in [9.17, 15) is 4.79 Å². The zero-order valence-electron chi connectivity index (χ0n) is 9.64. The minimum absolute atomic E-state index is 0.0741. The molecule has 2 aromatic carbocycles. The average molecular weight is 258 g/mol. The van der Waals surface area contributed by atoms with Crippen LogP contribution in [0.5, 0.6) is 0 Å². The minimum atomic E-state index is -0.0741. The fraction of sp³-hybridized carbons (Fsp3) is 0. The molecule has 2 N–H and O–H groups in total. The summed E-state index contributed by atoms with van der Waals surface area (Å²) >= 11 is 5.76. The molecular formula is C15H12ClNO. The number of nitrogens with two attached hydrogens (primary N) is 1. The Labute approximate surface area is 111 Å². The van der Waals surface area contributed by atoms with Gasteiger partial charge in [0.2, 0.25) is 0 Å². The van der Waals surface area contributed by atoms with E-state index in [1.165, 1.54) is 6.08 Å². The molecule has 0 saturated carbocycles. The standard InChI is InChI=1S/C15H12ClNO/c16-13-8-5-12(6-9-13)15(18)10-7-11-3-1-2-4-14(11)17/h1-10H,17H2/b10-7+. The summed E-state index contributed by atoms with van der Waals surface area (Å²) < 4.78 is 0. The number of carbonyl (C=O) groups excluding carboxylic acids is 1. The van der Waals surface area contributed by atoms with Gasteiger partial charge in [-0.2, -0.15) is 0 Å². The smallest absolute Gasteiger partial charge is 0.185 e. The van der Waals surface area contributed by atoms with E-state index in [2.05, 4.69) is 0 Å². The molecule has 2 nitrogen and oxygen atoms in total. The van der Waals surface area contributed by atoms with Crippen LogP contribution in [0.4, 0.5) is 5.69 Å². The molecule has 0 aliphatic rings. The summed E-state index contributed by atoms with van der Waals surface area (Å²) in [7, 11) is 0. The molecule has 0 atom stereocenters. The predicted molar refractivity (Wildman–Crippen MR) is 75.7 cm³/mol. The molecule has 0 spiro atoms. The Balaban J connectivity index is 2.17. The molecule has 0 amide bonds. The molecule has 0 aliphatic carbocycles. The lowest BCUT2D eigenvalue weighted by molar-refractivity contribution is 0.104. The number of allylic oxidation sites excluding steroid dienone is 1. The molecular weight excluding hydrogens is 246 g/mol. The summed E-state index contributed by atoms with van der Waals surface area (Å²) in [5.41, 5.74) is 7.87. The molecule has 0 fully saturated rings. The molecule has 0 saturated heterocycles. The van der Waals surface area contributed by atoms with Crippen molar-refractivity contribution in [2.24, 2.45) is 0 Å². The number of para-hydroxylation sites is 1. The predicted octanol–water partition coefficient (Wildman–Crippen LogP) is 3.82. The van der Waals surface area contributed by atoms with E-state index in [-0.39, 0.29) is 5.78 Å². The number of nitrogen functional groups attached to an aromatic ring is 1. The van der Waals surface area contributed by atoms with Crippen LogP contribution in [-0.4, -0.2) is 5.78 Å². The zero-order chi connectivity index (χ0) is 13.0. The molecule has 0 bridgehead atoms. The molecule has 2 aromatic rings. The zero-order valence-corrected chi connectivity index (χ0v) is 10.4. The van der Waals surface area contributed by atoms with E-state index < -0.39 is 0 Å². The Hall–Kier alpha value is -2.06. The molecule has 0 unspecified atom stereocenters. The summed E-state index contributed by atoms with van der Waals surface area (Å²) in [5, 5.41) is 0.614. The highest BCUT2D eigenvalue weighted by Crippen LogP contribution is 2.14. The lowest BCUT2D eigenvalue weighted by Crippen LogP contribution is -1.94. The topological polar surface area (TPSA) is 43.1 Å². The highest BCUT2D eigenvalue weighted by atomic mass is 35.5. The van der Waals surface area contributed by atoms with Gasteiger partial charge in [-0.05, 0) is 48.0 Å². The number of halogens is 1. The number of carbonyl (C=O) groups is 1. The number of anilines is 1. The Morgan fingerprint density at radius 2 is 1.72 bits per heavy atom.